The highest BCUT2D eigenvalue weighted by molar-refractivity contribution is 6.31. The highest BCUT2D eigenvalue weighted by Crippen LogP contribution is 2.41. The van der Waals surface area contributed by atoms with Crippen LogP contribution in [-0.2, 0) is 13.5 Å². The number of nitrogens with zero attached hydrogens (tertiary/aromatic N) is 6. The maximum Gasteiger partial charge on any atom is 0.278 e. The van der Waals surface area contributed by atoms with E-state index in [2.05, 4.69) is 24.8 Å². The molecule has 1 aliphatic carbocycles. The first-order valence-electron chi connectivity index (χ1n) is 8.90. The lowest BCUT2D eigenvalue weighted by Gasteiger charge is -2.09. The molecule has 1 fully saturated rings. The highest BCUT2D eigenvalue weighted by atomic mass is 35.5. The smallest absolute Gasteiger partial charge is 0.278 e. The molecule has 0 amide bonds. The van der Waals surface area contributed by atoms with Crippen LogP contribution in [0, 0.1) is 0 Å². The largest absolute Gasteiger partial charge is 0.332 e. The Labute approximate surface area is 159 Å². The van der Waals surface area contributed by atoms with Crippen molar-refractivity contribution in [1.82, 2.24) is 29.5 Å². The first-order chi connectivity index (χ1) is 13.2. The fourth-order valence-corrected chi connectivity index (χ4v) is 3.92. The molecule has 1 aromatic carbocycles. The van der Waals surface area contributed by atoms with Crippen LogP contribution in [-0.4, -0.2) is 29.5 Å². The number of fused-ring (bicyclic) bond motifs is 5. The third-order valence-corrected chi connectivity index (χ3v) is 5.42. The van der Waals surface area contributed by atoms with Gasteiger partial charge in [0.05, 0.1) is 17.1 Å². The Bertz CT molecular complexity index is 1200. The summed E-state index contributed by atoms with van der Waals surface area (Å²) in [5.41, 5.74) is 5.78. The molecule has 3 aromatic heterocycles. The van der Waals surface area contributed by atoms with Gasteiger partial charge >= 0.3 is 0 Å². The van der Waals surface area contributed by atoms with Gasteiger partial charge < -0.3 is 9.09 Å². The molecule has 0 spiro atoms. The molecular weight excluding hydrogens is 364 g/mol. The number of halogens is 1. The van der Waals surface area contributed by atoms with Gasteiger partial charge in [-0.1, -0.05) is 16.8 Å². The Morgan fingerprint density at radius 1 is 1.22 bits per heavy atom. The van der Waals surface area contributed by atoms with E-state index in [1.54, 1.807) is 0 Å². The summed E-state index contributed by atoms with van der Waals surface area (Å²) in [6.07, 6.45) is 6.78. The molecule has 7 nitrogen and oxygen atoms in total. The van der Waals surface area contributed by atoms with Crippen LogP contribution in [0.4, 0.5) is 0 Å². The SMILES string of the molecule is Cn1cc2c(n1)-c1cc(Cl)ccc1-n1cnc(-c3nc(C4CC4)no3)c1C2. The Hall–Kier alpha value is -2.93. The van der Waals surface area contributed by atoms with Gasteiger partial charge in [-0.3, -0.25) is 4.68 Å². The monoisotopic (exact) mass is 378 g/mol. The molecule has 4 aromatic rings. The van der Waals surface area contributed by atoms with Crippen LogP contribution >= 0.6 is 11.6 Å². The van der Waals surface area contributed by atoms with Crippen molar-refractivity contribution in [3.8, 4) is 28.5 Å². The van der Waals surface area contributed by atoms with Crippen LogP contribution in [0.5, 0.6) is 0 Å². The van der Waals surface area contributed by atoms with Gasteiger partial charge in [-0.2, -0.15) is 10.1 Å². The van der Waals surface area contributed by atoms with Crippen molar-refractivity contribution in [2.75, 3.05) is 0 Å². The van der Waals surface area contributed by atoms with Gasteiger partial charge in [0.15, 0.2) is 11.5 Å². The van der Waals surface area contributed by atoms with Gasteiger partial charge in [0.25, 0.3) is 5.89 Å². The minimum absolute atomic E-state index is 0.441. The molecule has 134 valence electrons. The summed E-state index contributed by atoms with van der Waals surface area (Å²) in [4.78, 5) is 9.20. The second-order valence-corrected chi connectivity index (χ2v) is 7.59. The summed E-state index contributed by atoms with van der Waals surface area (Å²) in [7, 11) is 1.93. The van der Waals surface area contributed by atoms with E-state index in [1.165, 1.54) is 0 Å². The molecule has 27 heavy (non-hydrogen) atoms. The minimum Gasteiger partial charge on any atom is -0.332 e. The van der Waals surface area contributed by atoms with Crippen molar-refractivity contribution in [3.63, 3.8) is 0 Å². The molecule has 0 atom stereocenters. The standard InChI is InChI=1S/C19H15ClN6O/c1-25-8-11-6-15-17(19-22-18(24-27-19)10-2-3-10)21-9-26(15)14-5-4-12(20)7-13(14)16(11)23-25/h4-5,7-10H,2-3,6H2,1H3. The van der Waals surface area contributed by atoms with E-state index in [9.17, 15) is 0 Å². The zero-order valence-electron chi connectivity index (χ0n) is 14.6. The molecule has 2 aliphatic rings. The van der Waals surface area contributed by atoms with Gasteiger partial charge in [0, 0.05) is 41.7 Å². The zero-order valence-corrected chi connectivity index (χ0v) is 15.3. The molecule has 0 radical (unpaired) electrons. The van der Waals surface area contributed by atoms with Crippen molar-refractivity contribution in [1.29, 1.82) is 0 Å². The summed E-state index contributed by atoms with van der Waals surface area (Å²) in [6, 6.07) is 5.84. The second-order valence-electron chi connectivity index (χ2n) is 7.16. The number of imidazole rings is 1. The molecule has 1 saturated carbocycles. The van der Waals surface area contributed by atoms with Gasteiger partial charge in [-0.15, -0.1) is 0 Å². The normalized spacial score (nSPS) is 15.2. The Morgan fingerprint density at radius 3 is 2.96 bits per heavy atom. The van der Waals surface area contributed by atoms with Crippen molar-refractivity contribution in [2.45, 2.75) is 25.2 Å². The van der Waals surface area contributed by atoms with Crippen molar-refractivity contribution >= 4 is 11.6 Å². The second kappa shape index (κ2) is 5.29. The maximum absolute atomic E-state index is 6.28. The first kappa shape index (κ1) is 15.2. The number of aromatic nitrogens is 6. The third-order valence-electron chi connectivity index (χ3n) is 5.19. The summed E-state index contributed by atoms with van der Waals surface area (Å²) >= 11 is 6.28. The Balaban J connectivity index is 1.58. The number of rotatable bonds is 2. The van der Waals surface area contributed by atoms with Gasteiger partial charge in [0.2, 0.25) is 0 Å². The Morgan fingerprint density at radius 2 is 2.11 bits per heavy atom. The van der Waals surface area contributed by atoms with Crippen LogP contribution in [0.2, 0.25) is 5.02 Å². The van der Waals surface area contributed by atoms with Crippen LogP contribution in [0.15, 0.2) is 35.2 Å². The topological polar surface area (TPSA) is 74.6 Å². The molecular formula is C19H15ClN6O. The van der Waals surface area contributed by atoms with Gasteiger partial charge in [-0.25, -0.2) is 4.98 Å². The van der Waals surface area contributed by atoms with Crippen molar-refractivity contribution in [3.05, 3.63) is 52.8 Å². The van der Waals surface area contributed by atoms with Crippen LogP contribution < -0.4 is 0 Å². The molecule has 4 heterocycles. The molecule has 6 rings (SSSR count). The van der Waals surface area contributed by atoms with E-state index in [1.807, 2.05) is 42.5 Å². The van der Waals surface area contributed by atoms with E-state index in [-0.39, 0.29) is 0 Å². The third kappa shape index (κ3) is 2.28. The molecule has 8 heteroatoms. The van der Waals surface area contributed by atoms with Gasteiger partial charge in [0.1, 0.15) is 6.33 Å². The van der Waals surface area contributed by atoms with Gasteiger partial charge in [-0.05, 0) is 31.0 Å². The maximum atomic E-state index is 6.28. The predicted molar refractivity (Wildman–Crippen MR) is 98.8 cm³/mol. The summed E-state index contributed by atoms with van der Waals surface area (Å²) in [5, 5.41) is 9.49. The summed E-state index contributed by atoms with van der Waals surface area (Å²) in [5.74, 6) is 1.71. The lowest BCUT2D eigenvalue weighted by Crippen LogP contribution is -2.00. The van der Waals surface area contributed by atoms with E-state index >= 15 is 0 Å². The lowest BCUT2D eigenvalue weighted by atomic mass is 10.0. The predicted octanol–water partition coefficient (Wildman–Crippen LogP) is 3.76. The quantitative estimate of drug-likeness (QED) is 0.467. The Kier molecular flexibility index (Phi) is 2.97. The van der Waals surface area contributed by atoms with E-state index in [0.29, 0.717) is 23.3 Å². The molecule has 0 bridgehead atoms. The number of aryl methyl sites for hydroxylation is 1. The van der Waals surface area contributed by atoms with Crippen LogP contribution in [0.25, 0.3) is 28.5 Å². The molecule has 0 saturated heterocycles. The molecule has 0 unspecified atom stereocenters. The highest BCUT2D eigenvalue weighted by Gasteiger charge is 2.31. The minimum atomic E-state index is 0.441. The van der Waals surface area contributed by atoms with Crippen molar-refractivity contribution < 1.29 is 4.52 Å². The number of hydrogen-bond donors (Lipinski definition) is 0. The van der Waals surface area contributed by atoms with Crippen molar-refractivity contribution in [2.24, 2.45) is 7.05 Å². The number of benzene rings is 1. The van der Waals surface area contributed by atoms with E-state index < -0.39 is 0 Å². The van der Waals surface area contributed by atoms with Crippen LogP contribution in [0.1, 0.15) is 35.8 Å². The summed E-state index contributed by atoms with van der Waals surface area (Å²) in [6.45, 7) is 0. The average molecular weight is 379 g/mol. The zero-order chi connectivity index (χ0) is 18.1. The fraction of sp³-hybridized carbons (Fsp3) is 0.263. The fourth-order valence-electron chi connectivity index (χ4n) is 3.75. The molecule has 1 aliphatic heterocycles. The first-order valence-corrected chi connectivity index (χ1v) is 9.28. The van der Waals surface area contributed by atoms with E-state index in [0.717, 1.165) is 52.6 Å². The van der Waals surface area contributed by atoms with E-state index in [4.69, 9.17) is 16.1 Å². The van der Waals surface area contributed by atoms with Crippen LogP contribution in [0.3, 0.4) is 0 Å². The average Bonchev–Trinajstić information content (AvgIpc) is 3.10. The lowest BCUT2D eigenvalue weighted by molar-refractivity contribution is 0.421. The molecule has 0 N–H and O–H groups in total. The number of hydrogen-bond acceptors (Lipinski definition) is 5. The summed E-state index contributed by atoms with van der Waals surface area (Å²) < 4.78 is 9.44.